The van der Waals surface area contributed by atoms with E-state index in [2.05, 4.69) is 47.8 Å². The first-order chi connectivity index (χ1) is 12.1. The van der Waals surface area contributed by atoms with E-state index < -0.39 is 57.3 Å². The van der Waals surface area contributed by atoms with Crippen LogP contribution in [-0.2, 0) is 23.8 Å². The maximum absolute atomic E-state index is 12.7. The molecule has 2 bridgehead atoms. The van der Waals surface area contributed by atoms with Gasteiger partial charge in [-0.25, -0.2) is 4.79 Å². The summed E-state index contributed by atoms with van der Waals surface area (Å²) >= 11 is 9.93. The Morgan fingerprint density at radius 1 is 1.19 bits per heavy atom. The molecule has 1 aliphatic heterocycles. The Balaban J connectivity index is 1.66. The highest BCUT2D eigenvalue weighted by molar-refractivity contribution is 9.13. The number of rotatable bonds is 3. The third-order valence-electron chi connectivity index (χ3n) is 5.27. The zero-order valence-corrected chi connectivity index (χ0v) is 18.3. The van der Waals surface area contributed by atoms with Crippen molar-refractivity contribution in [3.63, 3.8) is 0 Å². The summed E-state index contributed by atoms with van der Waals surface area (Å²) in [6.45, 7) is 0. The second-order valence-corrected chi connectivity index (χ2v) is 10.9. The van der Waals surface area contributed by atoms with Crippen molar-refractivity contribution in [2.24, 2.45) is 17.8 Å². The molecular formula is C15H11Br3O7S. The normalized spacial score (nSPS) is 36.3. The average molecular weight is 575 g/mol. The van der Waals surface area contributed by atoms with Gasteiger partial charge in [-0.2, -0.15) is 8.42 Å². The molecule has 1 heterocycles. The number of esters is 1. The second kappa shape index (κ2) is 6.26. The number of ether oxygens (including phenoxy) is 1. The van der Waals surface area contributed by atoms with Crippen LogP contribution in [0.1, 0.15) is 16.8 Å². The van der Waals surface area contributed by atoms with E-state index in [1.807, 2.05) is 0 Å². The molecule has 1 aromatic rings. The predicted octanol–water partition coefficient (Wildman–Crippen LogP) is 2.95. The molecule has 0 aromatic heterocycles. The fourth-order valence-corrected chi connectivity index (χ4v) is 8.04. The van der Waals surface area contributed by atoms with E-state index in [0.717, 1.165) is 0 Å². The number of carbonyl (C=O) groups is 2. The monoisotopic (exact) mass is 572 g/mol. The molecule has 26 heavy (non-hydrogen) atoms. The number of carbonyl (C=O) groups excluding carboxylic acids is 1. The average Bonchev–Trinajstić information content (AvgIpc) is 3.13. The first kappa shape index (κ1) is 18.9. The van der Waals surface area contributed by atoms with Gasteiger partial charge >= 0.3 is 11.9 Å². The summed E-state index contributed by atoms with van der Waals surface area (Å²) in [7, 11) is -3.98. The lowest BCUT2D eigenvalue weighted by molar-refractivity contribution is -0.145. The highest BCUT2D eigenvalue weighted by Gasteiger charge is 2.71. The van der Waals surface area contributed by atoms with Crippen molar-refractivity contribution in [3.8, 4) is 0 Å². The Morgan fingerprint density at radius 2 is 1.88 bits per heavy atom. The summed E-state index contributed by atoms with van der Waals surface area (Å²) in [4.78, 5) is 24.3. The van der Waals surface area contributed by atoms with Gasteiger partial charge in [0.05, 0.1) is 11.5 Å². The molecule has 140 valence electrons. The highest BCUT2D eigenvalue weighted by Crippen LogP contribution is 2.58. The Labute approximate surface area is 173 Å². The molecule has 3 fully saturated rings. The number of carboxylic acid groups (broad SMARTS) is 1. The fourth-order valence-electron chi connectivity index (χ4n) is 4.36. The van der Waals surface area contributed by atoms with Crippen molar-refractivity contribution in [3.05, 3.63) is 31.1 Å². The molecular weight excluding hydrogens is 564 g/mol. The lowest BCUT2D eigenvalue weighted by Crippen LogP contribution is -2.45. The lowest BCUT2D eigenvalue weighted by atomic mass is 9.84. The van der Waals surface area contributed by atoms with Gasteiger partial charge in [0.2, 0.25) is 0 Å². The molecule has 0 amide bonds. The maximum atomic E-state index is 12.7. The molecule has 1 N–H and O–H groups in total. The van der Waals surface area contributed by atoms with Crippen LogP contribution in [0.4, 0.5) is 0 Å². The summed E-state index contributed by atoms with van der Waals surface area (Å²) in [5.74, 6) is -4.05. The van der Waals surface area contributed by atoms with Crippen LogP contribution in [0.5, 0.6) is 0 Å². The van der Waals surface area contributed by atoms with Gasteiger partial charge in [-0.1, -0.05) is 15.9 Å². The molecule has 2 saturated carbocycles. The molecule has 6 unspecified atom stereocenters. The molecule has 1 saturated heterocycles. The van der Waals surface area contributed by atoms with Crippen molar-refractivity contribution in [1.29, 1.82) is 0 Å². The van der Waals surface area contributed by atoms with Crippen LogP contribution in [0.25, 0.3) is 0 Å². The summed E-state index contributed by atoms with van der Waals surface area (Å²) in [6, 6.07) is 3.31. The van der Waals surface area contributed by atoms with Gasteiger partial charge in [-0.05, 0) is 50.4 Å². The zero-order chi connectivity index (χ0) is 19.0. The molecule has 3 aliphatic rings. The van der Waals surface area contributed by atoms with E-state index >= 15 is 0 Å². The van der Waals surface area contributed by atoms with Gasteiger partial charge in [0.1, 0.15) is 17.5 Å². The van der Waals surface area contributed by atoms with Crippen LogP contribution in [0.2, 0.25) is 0 Å². The molecule has 11 heteroatoms. The third kappa shape index (κ3) is 2.69. The van der Waals surface area contributed by atoms with Crippen LogP contribution in [0, 0.1) is 17.8 Å². The molecule has 0 spiro atoms. The number of carboxylic acids is 1. The number of halogens is 3. The van der Waals surface area contributed by atoms with E-state index in [4.69, 9.17) is 8.92 Å². The minimum atomic E-state index is -3.98. The van der Waals surface area contributed by atoms with Gasteiger partial charge in [-0.3, -0.25) is 8.98 Å². The van der Waals surface area contributed by atoms with Crippen molar-refractivity contribution >= 4 is 69.8 Å². The second-order valence-electron chi connectivity index (χ2n) is 6.56. The van der Waals surface area contributed by atoms with Crippen LogP contribution in [0.15, 0.2) is 25.6 Å². The zero-order valence-electron chi connectivity index (χ0n) is 12.8. The van der Waals surface area contributed by atoms with Crippen LogP contribution >= 0.6 is 47.8 Å². The summed E-state index contributed by atoms with van der Waals surface area (Å²) in [6.07, 6.45) is -1.37. The van der Waals surface area contributed by atoms with E-state index in [1.54, 1.807) is 12.1 Å². The van der Waals surface area contributed by atoms with Gasteiger partial charge in [0.25, 0.3) is 10.1 Å². The Hall–Kier alpha value is -0.490. The van der Waals surface area contributed by atoms with Crippen LogP contribution in [-0.4, -0.2) is 42.9 Å². The highest BCUT2D eigenvalue weighted by atomic mass is 79.9. The summed E-state index contributed by atoms with van der Waals surface area (Å²) in [5.41, 5.74) is 0.235. The van der Waals surface area contributed by atoms with Gasteiger partial charge in [-0.15, -0.1) is 0 Å². The Kier molecular flexibility index (Phi) is 4.54. The van der Waals surface area contributed by atoms with E-state index in [9.17, 15) is 23.1 Å². The van der Waals surface area contributed by atoms with Crippen molar-refractivity contribution in [1.82, 2.24) is 0 Å². The number of fused-ring (bicyclic) bond motifs is 1. The van der Waals surface area contributed by atoms with E-state index in [-0.39, 0.29) is 5.56 Å². The predicted molar refractivity (Wildman–Crippen MR) is 99.0 cm³/mol. The van der Waals surface area contributed by atoms with Crippen molar-refractivity contribution in [2.45, 2.75) is 23.9 Å². The number of benzene rings is 1. The third-order valence-corrected chi connectivity index (χ3v) is 9.54. The van der Waals surface area contributed by atoms with E-state index in [0.29, 0.717) is 19.8 Å². The molecule has 2 aliphatic carbocycles. The largest absolute Gasteiger partial charge is 0.481 e. The summed E-state index contributed by atoms with van der Waals surface area (Å²) in [5, 5.41) is 8.43. The van der Waals surface area contributed by atoms with Gasteiger partial charge in [0, 0.05) is 25.3 Å². The van der Waals surface area contributed by atoms with Gasteiger partial charge < -0.3 is 9.84 Å². The fraction of sp³-hybridized carbons (Fsp3) is 0.467. The topological polar surface area (TPSA) is 107 Å². The summed E-state index contributed by atoms with van der Waals surface area (Å²) < 4.78 is 36.9. The molecule has 6 atom stereocenters. The number of hydrogen-bond donors (Lipinski definition) is 1. The lowest BCUT2D eigenvalue weighted by Gasteiger charge is -2.29. The van der Waals surface area contributed by atoms with Crippen LogP contribution in [0.3, 0.4) is 0 Å². The van der Waals surface area contributed by atoms with E-state index in [1.165, 1.54) is 0 Å². The standard InChI is InChI=1S/C15H11Br3O7S/c16-4-1-6(10(18)8(17)2-4)15(21)24-11-5-3-7-12(11)25-26(22,23)13(7)9(5)14(19)20/h1-2,5,7,9,11-13H,3H2,(H,19,20). The van der Waals surface area contributed by atoms with Crippen LogP contribution < -0.4 is 0 Å². The van der Waals surface area contributed by atoms with Crippen molar-refractivity contribution < 1.29 is 32.0 Å². The number of hydrogen-bond acceptors (Lipinski definition) is 6. The first-order valence-electron chi connectivity index (χ1n) is 7.62. The maximum Gasteiger partial charge on any atom is 0.339 e. The Bertz CT molecular complexity index is 931. The smallest absolute Gasteiger partial charge is 0.339 e. The minimum Gasteiger partial charge on any atom is -0.481 e. The molecule has 7 nitrogen and oxygen atoms in total. The first-order valence-corrected chi connectivity index (χ1v) is 11.5. The van der Waals surface area contributed by atoms with Gasteiger partial charge in [0.15, 0.2) is 0 Å². The SMILES string of the molecule is O=C(OC1C2CC3C1OS(=O)(=O)C3C2C(=O)O)c1cc(Br)cc(Br)c1Br. The van der Waals surface area contributed by atoms with Crippen molar-refractivity contribution in [2.75, 3.05) is 0 Å². The minimum absolute atomic E-state index is 0.235. The molecule has 0 radical (unpaired) electrons. The number of aliphatic carboxylic acids is 1. The quantitative estimate of drug-likeness (QED) is 0.336. The molecule has 4 rings (SSSR count). The molecule has 1 aromatic carbocycles. The Morgan fingerprint density at radius 3 is 2.54 bits per heavy atom.